The first-order valence-corrected chi connectivity index (χ1v) is 11.9. The highest BCUT2D eigenvalue weighted by Crippen LogP contribution is 2.24. The van der Waals surface area contributed by atoms with E-state index in [9.17, 15) is 14.9 Å². The summed E-state index contributed by atoms with van der Waals surface area (Å²) in [6.45, 7) is 0.365. The molecule has 3 N–H and O–H groups in total. The maximum Gasteiger partial charge on any atom is 0.250 e. The molecule has 0 aliphatic heterocycles. The van der Waals surface area contributed by atoms with E-state index >= 15 is 0 Å². The molecule has 0 saturated heterocycles. The summed E-state index contributed by atoms with van der Waals surface area (Å²) < 4.78 is 1.58. The quantitative estimate of drug-likeness (QED) is 0.343. The summed E-state index contributed by atoms with van der Waals surface area (Å²) in [6, 6.07) is 19.9. The molecular weight excluding hydrogens is 488 g/mol. The second-order valence-corrected chi connectivity index (χ2v) is 9.13. The van der Waals surface area contributed by atoms with Gasteiger partial charge in [0.05, 0.1) is 35.0 Å². The van der Waals surface area contributed by atoms with Crippen molar-refractivity contribution < 1.29 is 4.79 Å². The summed E-state index contributed by atoms with van der Waals surface area (Å²) in [5, 5.41) is 18.5. The van der Waals surface area contributed by atoms with Crippen molar-refractivity contribution in [1.82, 2.24) is 19.7 Å². The van der Waals surface area contributed by atoms with E-state index in [1.807, 2.05) is 24.3 Å². The van der Waals surface area contributed by atoms with Crippen molar-refractivity contribution >= 4 is 28.4 Å². The van der Waals surface area contributed by atoms with E-state index < -0.39 is 5.91 Å². The fourth-order valence-electron chi connectivity index (χ4n) is 4.31. The second-order valence-electron chi connectivity index (χ2n) is 8.69. The number of aromatic amines is 1. The number of pyridine rings is 2. The van der Waals surface area contributed by atoms with Gasteiger partial charge in [-0.25, -0.2) is 0 Å². The number of amides is 1. The minimum atomic E-state index is -0.588. The van der Waals surface area contributed by atoms with Crippen molar-refractivity contribution in [3.63, 3.8) is 0 Å². The van der Waals surface area contributed by atoms with E-state index in [0.29, 0.717) is 41.2 Å². The average Bonchev–Trinajstić information content (AvgIpc) is 3.28. The fourth-order valence-corrected chi connectivity index (χ4v) is 4.49. The van der Waals surface area contributed by atoms with Gasteiger partial charge in [-0.3, -0.25) is 19.7 Å². The minimum absolute atomic E-state index is 0.110. The van der Waals surface area contributed by atoms with Crippen LogP contribution in [0.1, 0.15) is 44.0 Å². The molecule has 182 valence electrons. The molecule has 9 heteroatoms. The van der Waals surface area contributed by atoms with Gasteiger partial charge in [0, 0.05) is 47.4 Å². The first kappa shape index (κ1) is 24.0. The summed E-state index contributed by atoms with van der Waals surface area (Å²) in [4.78, 5) is 28.9. The summed E-state index contributed by atoms with van der Waals surface area (Å²) in [5.74, 6) is -0.588. The number of rotatable bonds is 7. The van der Waals surface area contributed by atoms with Crippen LogP contribution in [-0.4, -0.2) is 25.7 Å². The molecule has 0 bridgehead atoms. The molecule has 0 saturated carbocycles. The minimum Gasteiger partial charge on any atom is -0.366 e. The first-order chi connectivity index (χ1) is 17.9. The molecular formula is C28H21ClN6O2. The lowest BCUT2D eigenvalue weighted by Gasteiger charge is -2.11. The highest BCUT2D eigenvalue weighted by molar-refractivity contribution is 6.31. The van der Waals surface area contributed by atoms with E-state index in [2.05, 4.69) is 21.3 Å². The van der Waals surface area contributed by atoms with Crippen molar-refractivity contribution in [2.45, 2.75) is 19.4 Å². The standard InChI is InChI=1S/C28H21ClN6O2/c29-21-6-7-24-22(12-21)26(34-33-24)13-25-23(28(31)37)11-18(15-32-25)10-19-5-4-17(9-20(19)14-30)16-35-8-2-1-3-27(35)36/h1-9,11-12,15H,10,13,16H2,(H2,31,37)(H,33,34). The van der Waals surface area contributed by atoms with Crippen molar-refractivity contribution in [3.8, 4) is 6.07 Å². The number of fused-ring (bicyclic) bond motifs is 1. The number of nitrogens with two attached hydrogens (primary N) is 1. The predicted octanol–water partition coefficient (Wildman–Crippen LogP) is 3.97. The Morgan fingerprint density at radius 2 is 1.95 bits per heavy atom. The number of carbonyl (C=O) groups excluding carboxylic acids is 1. The Kier molecular flexibility index (Phi) is 6.54. The van der Waals surface area contributed by atoms with Crippen LogP contribution in [0.4, 0.5) is 0 Å². The first-order valence-electron chi connectivity index (χ1n) is 11.5. The third-order valence-corrected chi connectivity index (χ3v) is 6.41. The molecule has 3 heterocycles. The van der Waals surface area contributed by atoms with Crippen LogP contribution in [0.2, 0.25) is 5.02 Å². The van der Waals surface area contributed by atoms with Gasteiger partial charge < -0.3 is 10.3 Å². The maximum absolute atomic E-state index is 12.3. The van der Waals surface area contributed by atoms with Crippen molar-refractivity contribution in [1.29, 1.82) is 5.26 Å². The van der Waals surface area contributed by atoms with Crippen molar-refractivity contribution in [3.05, 3.63) is 128 Å². The molecule has 0 fully saturated rings. The Hall–Kier alpha value is -4.74. The molecule has 37 heavy (non-hydrogen) atoms. The number of nitrogens with one attached hydrogen (secondary N) is 1. The molecule has 2 aromatic carbocycles. The number of hydrogen-bond donors (Lipinski definition) is 2. The van der Waals surface area contributed by atoms with Crippen LogP contribution in [0.25, 0.3) is 10.9 Å². The lowest BCUT2D eigenvalue weighted by Crippen LogP contribution is -2.18. The number of H-pyrrole nitrogens is 1. The number of aromatic nitrogens is 4. The number of hydrogen-bond acceptors (Lipinski definition) is 5. The molecule has 0 radical (unpaired) electrons. The number of nitriles is 1. The van der Waals surface area contributed by atoms with Crippen LogP contribution in [0.15, 0.2) is 77.9 Å². The van der Waals surface area contributed by atoms with Gasteiger partial charge in [-0.1, -0.05) is 29.8 Å². The van der Waals surface area contributed by atoms with Gasteiger partial charge >= 0.3 is 0 Å². The average molecular weight is 509 g/mol. The Morgan fingerprint density at radius 1 is 1.08 bits per heavy atom. The van der Waals surface area contributed by atoms with Gasteiger partial charge in [0.15, 0.2) is 0 Å². The monoisotopic (exact) mass is 508 g/mol. The van der Waals surface area contributed by atoms with E-state index in [1.54, 1.807) is 47.3 Å². The molecule has 0 aliphatic rings. The van der Waals surface area contributed by atoms with Crippen LogP contribution in [0.3, 0.4) is 0 Å². The summed E-state index contributed by atoms with van der Waals surface area (Å²) >= 11 is 6.14. The Labute approximate surface area is 217 Å². The van der Waals surface area contributed by atoms with Gasteiger partial charge in [0.1, 0.15) is 0 Å². The number of primary amides is 1. The second kappa shape index (κ2) is 10.1. The molecule has 8 nitrogen and oxygen atoms in total. The maximum atomic E-state index is 12.3. The van der Waals surface area contributed by atoms with Crippen LogP contribution in [0.5, 0.6) is 0 Å². The Balaban J connectivity index is 1.41. The fraction of sp³-hybridized carbons (Fsp3) is 0.107. The number of benzene rings is 2. The molecule has 5 aromatic rings. The Morgan fingerprint density at radius 3 is 2.73 bits per heavy atom. The molecule has 1 amide bonds. The van der Waals surface area contributed by atoms with Crippen LogP contribution in [-0.2, 0) is 19.4 Å². The van der Waals surface area contributed by atoms with Gasteiger partial charge in [-0.2, -0.15) is 10.4 Å². The zero-order chi connectivity index (χ0) is 25.9. The van der Waals surface area contributed by atoms with E-state index in [4.69, 9.17) is 17.3 Å². The lowest BCUT2D eigenvalue weighted by atomic mass is 9.97. The SMILES string of the molecule is N#Cc1cc(Cn2ccccc2=O)ccc1Cc1cnc(Cc2[nH]nc3ccc(Cl)cc23)c(C(N)=O)c1. The number of halogens is 1. The largest absolute Gasteiger partial charge is 0.366 e. The summed E-state index contributed by atoms with van der Waals surface area (Å²) in [7, 11) is 0. The number of carbonyl (C=O) groups is 1. The van der Waals surface area contributed by atoms with E-state index in [0.717, 1.165) is 33.3 Å². The third-order valence-electron chi connectivity index (χ3n) is 6.17. The highest BCUT2D eigenvalue weighted by Gasteiger charge is 2.16. The normalized spacial score (nSPS) is 10.9. The predicted molar refractivity (Wildman–Crippen MR) is 140 cm³/mol. The van der Waals surface area contributed by atoms with Crippen LogP contribution >= 0.6 is 11.6 Å². The molecule has 0 spiro atoms. The lowest BCUT2D eigenvalue weighted by molar-refractivity contribution is 0.0999. The molecule has 0 unspecified atom stereocenters. The van der Waals surface area contributed by atoms with Gasteiger partial charge in [0.2, 0.25) is 0 Å². The van der Waals surface area contributed by atoms with Crippen LogP contribution in [0, 0.1) is 11.3 Å². The zero-order valence-electron chi connectivity index (χ0n) is 19.6. The van der Waals surface area contributed by atoms with Gasteiger partial charge in [-0.05, 0) is 53.1 Å². The molecule has 0 aliphatic carbocycles. The van der Waals surface area contributed by atoms with Gasteiger partial charge in [0.25, 0.3) is 11.5 Å². The topological polar surface area (TPSA) is 130 Å². The zero-order valence-corrected chi connectivity index (χ0v) is 20.4. The Bertz CT molecular complexity index is 1750. The number of nitrogens with zero attached hydrogens (tertiary/aromatic N) is 4. The molecule has 5 rings (SSSR count). The highest BCUT2D eigenvalue weighted by atomic mass is 35.5. The van der Waals surface area contributed by atoms with Crippen molar-refractivity contribution in [2.75, 3.05) is 0 Å². The van der Waals surface area contributed by atoms with Crippen LogP contribution < -0.4 is 11.3 Å². The summed E-state index contributed by atoms with van der Waals surface area (Å²) in [5.41, 5.74) is 10.8. The molecule has 0 atom stereocenters. The van der Waals surface area contributed by atoms with Crippen molar-refractivity contribution in [2.24, 2.45) is 5.73 Å². The smallest absolute Gasteiger partial charge is 0.250 e. The summed E-state index contributed by atoms with van der Waals surface area (Å²) in [6.07, 6.45) is 4.12. The van der Waals surface area contributed by atoms with E-state index in [-0.39, 0.29) is 5.56 Å². The third kappa shape index (κ3) is 5.13. The van der Waals surface area contributed by atoms with E-state index in [1.165, 1.54) is 6.07 Å². The molecule has 3 aromatic heterocycles. The van der Waals surface area contributed by atoms with Gasteiger partial charge in [-0.15, -0.1) is 0 Å².